The Balaban J connectivity index is 2.16. The van der Waals surface area contributed by atoms with E-state index < -0.39 is 0 Å². The highest BCUT2D eigenvalue weighted by molar-refractivity contribution is 6.18. The summed E-state index contributed by atoms with van der Waals surface area (Å²) in [6, 6.07) is 0. The van der Waals surface area contributed by atoms with Crippen molar-refractivity contribution in [1.29, 1.82) is 0 Å². The first-order valence-electron chi connectivity index (χ1n) is 3.65. The van der Waals surface area contributed by atoms with E-state index in [1.165, 1.54) is 0 Å². The third-order valence-corrected chi connectivity index (χ3v) is 2.67. The monoisotopic (exact) mass is 177 g/mol. The maximum absolute atomic E-state index is 9.81. The van der Waals surface area contributed by atoms with Crippen molar-refractivity contribution < 1.29 is 9.53 Å². The van der Waals surface area contributed by atoms with E-state index in [-0.39, 0.29) is 5.41 Å². The zero-order valence-corrected chi connectivity index (χ0v) is 7.06. The minimum absolute atomic E-state index is 0.185. The van der Waals surface area contributed by atoms with E-state index in [2.05, 4.69) is 10.1 Å². The van der Waals surface area contributed by atoms with Crippen LogP contribution in [0.25, 0.3) is 0 Å². The van der Waals surface area contributed by atoms with E-state index >= 15 is 0 Å². The van der Waals surface area contributed by atoms with Gasteiger partial charge in [-0.05, 0) is 6.42 Å². The first-order chi connectivity index (χ1) is 5.33. The topological polar surface area (TPSA) is 38.3 Å². The van der Waals surface area contributed by atoms with Crippen LogP contribution in [0.15, 0.2) is 0 Å². The largest absolute Gasteiger partial charge is 0.468 e. The maximum atomic E-state index is 9.81. The van der Waals surface area contributed by atoms with E-state index in [4.69, 9.17) is 11.6 Å². The highest BCUT2D eigenvalue weighted by Crippen LogP contribution is 2.28. The summed E-state index contributed by atoms with van der Waals surface area (Å²) in [7, 11) is 0. The zero-order chi connectivity index (χ0) is 8.16. The summed E-state index contributed by atoms with van der Waals surface area (Å²) in [5, 5.41) is 3.15. The highest BCUT2D eigenvalue weighted by atomic mass is 35.5. The van der Waals surface area contributed by atoms with Crippen molar-refractivity contribution in [3.8, 4) is 0 Å². The molecule has 1 N–H and O–H groups in total. The van der Waals surface area contributed by atoms with Crippen LogP contribution < -0.4 is 5.32 Å². The van der Waals surface area contributed by atoms with Gasteiger partial charge in [-0.3, -0.25) is 4.79 Å². The molecule has 64 valence electrons. The molecule has 11 heavy (non-hydrogen) atoms. The molecule has 0 aromatic carbocycles. The number of ether oxygens (including phenoxy) is 1. The fourth-order valence-corrected chi connectivity index (χ4v) is 1.46. The van der Waals surface area contributed by atoms with Gasteiger partial charge in [-0.25, -0.2) is 0 Å². The second-order valence-electron chi connectivity index (χ2n) is 2.95. The van der Waals surface area contributed by atoms with Gasteiger partial charge >= 0.3 is 0 Å². The lowest BCUT2D eigenvalue weighted by atomic mass is 9.81. The van der Waals surface area contributed by atoms with Gasteiger partial charge in [0.25, 0.3) is 6.47 Å². The number of nitrogens with one attached hydrogen (secondary N) is 1. The minimum atomic E-state index is 0.185. The predicted octanol–water partition coefficient (Wildman–Crippen LogP) is 0.378. The van der Waals surface area contributed by atoms with Crippen molar-refractivity contribution in [3.63, 3.8) is 0 Å². The summed E-state index contributed by atoms with van der Waals surface area (Å²) in [6.45, 7) is 2.85. The van der Waals surface area contributed by atoms with Crippen LogP contribution in [-0.2, 0) is 9.53 Å². The number of halogens is 1. The molecule has 0 aromatic rings. The molecule has 0 bridgehead atoms. The Labute approximate surface area is 71.1 Å². The van der Waals surface area contributed by atoms with Crippen molar-refractivity contribution >= 4 is 18.1 Å². The minimum Gasteiger partial charge on any atom is -0.468 e. The van der Waals surface area contributed by atoms with Gasteiger partial charge in [-0.1, -0.05) is 0 Å². The molecule has 3 nitrogen and oxygen atoms in total. The lowest BCUT2D eigenvalue weighted by Crippen LogP contribution is -2.55. The zero-order valence-electron chi connectivity index (χ0n) is 6.31. The van der Waals surface area contributed by atoms with Crippen molar-refractivity contribution in [2.75, 3.05) is 25.6 Å². The Hall–Kier alpha value is -0.280. The maximum Gasteiger partial charge on any atom is 0.293 e. The third-order valence-electron chi connectivity index (χ3n) is 2.10. The Morgan fingerprint density at radius 3 is 2.73 bits per heavy atom. The summed E-state index contributed by atoms with van der Waals surface area (Å²) < 4.78 is 4.60. The van der Waals surface area contributed by atoms with E-state index in [0.29, 0.717) is 19.0 Å². The highest BCUT2D eigenvalue weighted by Gasteiger charge is 2.35. The first kappa shape index (κ1) is 8.81. The Morgan fingerprint density at radius 2 is 2.36 bits per heavy atom. The molecule has 4 heteroatoms. The predicted molar refractivity (Wildman–Crippen MR) is 42.7 cm³/mol. The van der Waals surface area contributed by atoms with Crippen LogP contribution in [0.1, 0.15) is 6.42 Å². The summed E-state index contributed by atoms with van der Waals surface area (Å²) in [4.78, 5) is 9.81. The van der Waals surface area contributed by atoms with Crippen LogP contribution in [0.3, 0.4) is 0 Å². The quantitative estimate of drug-likeness (QED) is 0.375. The van der Waals surface area contributed by atoms with E-state index in [1.54, 1.807) is 0 Å². The van der Waals surface area contributed by atoms with Gasteiger partial charge in [0.15, 0.2) is 0 Å². The third kappa shape index (κ3) is 2.07. The van der Waals surface area contributed by atoms with Crippen LogP contribution in [0.2, 0.25) is 0 Å². The molecule has 0 aliphatic carbocycles. The molecule has 1 rings (SSSR count). The summed E-state index contributed by atoms with van der Waals surface area (Å²) >= 11 is 5.76. The normalized spacial score (nSPS) is 20.5. The first-order valence-corrected chi connectivity index (χ1v) is 4.18. The second-order valence-corrected chi connectivity index (χ2v) is 3.22. The van der Waals surface area contributed by atoms with Crippen LogP contribution >= 0.6 is 11.6 Å². The van der Waals surface area contributed by atoms with Gasteiger partial charge in [0.1, 0.15) is 0 Å². The smallest absolute Gasteiger partial charge is 0.293 e. The molecule has 0 radical (unpaired) electrons. The van der Waals surface area contributed by atoms with E-state index in [0.717, 1.165) is 19.5 Å². The molecular weight excluding hydrogens is 166 g/mol. The second kappa shape index (κ2) is 3.93. The standard InChI is InChI=1S/C7H12ClNO2/c8-3-7(4-9-5-7)1-2-11-6-10/h6,9H,1-5H2. The Bertz CT molecular complexity index is 131. The molecule has 1 aliphatic heterocycles. The van der Waals surface area contributed by atoms with Gasteiger partial charge < -0.3 is 10.1 Å². The van der Waals surface area contributed by atoms with Gasteiger partial charge in [0, 0.05) is 24.4 Å². The van der Waals surface area contributed by atoms with Gasteiger partial charge in [-0.2, -0.15) is 0 Å². The SMILES string of the molecule is O=COCCC1(CCl)CNC1. The number of hydrogen-bond acceptors (Lipinski definition) is 3. The molecule has 0 spiro atoms. The number of carbonyl (C=O) groups excluding carboxylic acids is 1. The van der Waals surface area contributed by atoms with Gasteiger partial charge in [0.05, 0.1) is 6.61 Å². The molecule has 1 aliphatic rings. The lowest BCUT2D eigenvalue weighted by molar-refractivity contribution is -0.129. The molecular formula is C7H12ClNO2. The molecule has 1 saturated heterocycles. The van der Waals surface area contributed by atoms with Crippen LogP contribution in [0.4, 0.5) is 0 Å². The molecule has 1 heterocycles. The molecule has 0 atom stereocenters. The van der Waals surface area contributed by atoms with Crippen molar-refractivity contribution in [3.05, 3.63) is 0 Å². The van der Waals surface area contributed by atoms with E-state index in [9.17, 15) is 4.79 Å². The number of carbonyl (C=O) groups is 1. The summed E-state index contributed by atoms with van der Waals surface area (Å²) in [5.41, 5.74) is 0.185. The molecule has 0 aromatic heterocycles. The molecule has 1 fully saturated rings. The summed E-state index contributed by atoms with van der Waals surface area (Å²) in [5.74, 6) is 0.641. The van der Waals surface area contributed by atoms with Gasteiger partial charge in [-0.15, -0.1) is 11.6 Å². The fourth-order valence-electron chi connectivity index (χ4n) is 1.14. The Kier molecular flexibility index (Phi) is 3.15. The van der Waals surface area contributed by atoms with Crippen molar-refractivity contribution in [2.45, 2.75) is 6.42 Å². The van der Waals surface area contributed by atoms with Crippen LogP contribution in [-0.4, -0.2) is 32.0 Å². The molecule has 0 amide bonds. The van der Waals surface area contributed by atoms with Crippen molar-refractivity contribution in [1.82, 2.24) is 5.32 Å². The average molecular weight is 178 g/mol. The van der Waals surface area contributed by atoms with Crippen molar-refractivity contribution in [2.24, 2.45) is 5.41 Å². The number of rotatable bonds is 5. The number of hydrogen-bond donors (Lipinski definition) is 1. The molecule has 0 unspecified atom stereocenters. The Morgan fingerprint density at radius 1 is 1.64 bits per heavy atom. The fraction of sp³-hybridized carbons (Fsp3) is 0.857. The van der Waals surface area contributed by atoms with Crippen LogP contribution in [0, 0.1) is 5.41 Å². The average Bonchev–Trinajstić information content (AvgIpc) is 1.95. The van der Waals surface area contributed by atoms with Gasteiger partial charge in [0.2, 0.25) is 0 Å². The number of alkyl halides is 1. The molecule has 0 saturated carbocycles. The summed E-state index contributed by atoms with van der Waals surface area (Å²) in [6.07, 6.45) is 0.863. The van der Waals surface area contributed by atoms with E-state index in [1.807, 2.05) is 0 Å². The lowest BCUT2D eigenvalue weighted by Gasteiger charge is -2.40. The van der Waals surface area contributed by atoms with Crippen LogP contribution in [0.5, 0.6) is 0 Å².